The summed E-state index contributed by atoms with van der Waals surface area (Å²) in [5.41, 5.74) is 1.48. The number of hydrogen-bond acceptors (Lipinski definition) is 4. The minimum absolute atomic E-state index is 0.129. The molecule has 6 nitrogen and oxygen atoms in total. The Morgan fingerprint density at radius 3 is 2.34 bits per heavy atom. The molecule has 2 N–H and O–H groups in total. The van der Waals surface area contributed by atoms with Gasteiger partial charge in [-0.15, -0.1) is 0 Å². The number of hydrogen-bond donors (Lipinski definition) is 2. The van der Waals surface area contributed by atoms with Gasteiger partial charge in [0.1, 0.15) is 18.4 Å². The number of nitrogens with one attached hydrogen (secondary N) is 2. The Hall–Kier alpha value is -3.35. The van der Waals surface area contributed by atoms with Gasteiger partial charge in [0, 0.05) is 30.5 Å². The summed E-state index contributed by atoms with van der Waals surface area (Å²) in [6.07, 6.45) is 3.19. The second-order valence-electron chi connectivity index (χ2n) is 8.22. The topological polar surface area (TPSA) is 92.3 Å². The van der Waals surface area contributed by atoms with E-state index in [2.05, 4.69) is 10.6 Å². The summed E-state index contributed by atoms with van der Waals surface area (Å²) in [6, 6.07) is 10.5. The molecule has 0 aliphatic heterocycles. The van der Waals surface area contributed by atoms with Crippen molar-refractivity contribution in [3.63, 3.8) is 0 Å². The van der Waals surface area contributed by atoms with Crippen LogP contribution in [0.1, 0.15) is 65.0 Å². The van der Waals surface area contributed by atoms with E-state index in [1.165, 1.54) is 24.3 Å². The zero-order chi connectivity index (χ0) is 23.7. The molecule has 1 atom stereocenters. The highest BCUT2D eigenvalue weighted by atomic mass is 19.1. The van der Waals surface area contributed by atoms with Crippen molar-refractivity contribution in [1.82, 2.24) is 10.6 Å². The summed E-state index contributed by atoms with van der Waals surface area (Å²) in [5, 5.41) is 5.49. The number of carbonyl (C=O) groups is 4. The first-order chi connectivity index (χ1) is 15.2. The predicted octanol–water partition coefficient (Wildman–Crippen LogP) is 3.58. The minimum atomic E-state index is -0.835. The Labute approximate surface area is 187 Å². The molecule has 0 fully saturated rings. The van der Waals surface area contributed by atoms with Gasteiger partial charge in [-0.1, -0.05) is 18.2 Å². The largest absolute Gasteiger partial charge is 0.359 e. The quantitative estimate of drug-likeness (QED) is 0.523. The van der Waals surface area contributed by atoms with Crippen LogP contribution in [0.5, 0.6) is 0 Å². The molecule has 0 saturated heterocycles. The fourth-order valence-corrected chi connectivity index (χ4v) is 3.66. The normalized spacial score (nSPS) is 12.0. The Morgan fingerprint density at radius 2 is 1.75 bits per heavy atom. The Morgan fingerprint density at radius 1 is 1.06 bits per heavy atom. The molecule has 2 rings (SSSR count). The van der Waals surface area contributed by atoms with E-state index in [0.717, 1.165) is 23.7 Å². The van der Waals surface area contributed by atoms with Gasteiger partial charge < -0.3 is 15.4 Å². The van der Waals surface area contributed by atoms with Gasteiger partial charge in [-0.3, -0.25) is 14.4 Å². The average molecular weight is 441 g/mol. The van der Waals surface area contributed by atoms with E-state index < -0.39 is 11.4 Å². The van der Waals surface area contributed by atoms with Gasteiger partial charge in [0.15, 0.2) is 0 Å². The maximum Gasteiger partial charge on any atom is 0.251 e. The maximum absolute atomic E-state index is 13.2. The highest BCUT2D eigenvalue weighted by Gasteiger charge is 2.27. The van der Waals surface area contributed by atoms with E-state index in [1.807, 2.05) is 19.9 Å². The fraction of sp³-hybridized carbons (Fsp3) is 0.360. The maximum atomic E-state index is 13.2. The lowest BCUT2D eigenvalue weighted by Gasteiger charge is -2.30. The smallest absolute Gasteiger partial charge is 0.251 e. The van der Waals surface area contributed by atoms with Crippen LogP contribution in [0.25, 0.3) is 0 Å². The van der Waals surface area contributed by atoms with E-state index in [4.69, 9.17) is 0 Å². The number of rotatable bonds is 11. The van der Waals surface area contributed by atoms with Crippen LogP contribution in [-0.2, 0) is 21.5 Å². The van der Waals surface area contributed by atoms with Crippen LogP contribution >= 0.6 is 0 Å². The molecule has 0 radical (unpaired) electrons. The molecule has 0 bridgehead atoms. The van der Waals surface area contributed by atoms with Gasteiger partial charge in [0.05, 0.1) is 5.54 Å². The molecule has 1 unspecified atom stereocenters. The second-order valence-corrected chi connectivity index (χ2v) is 8.22. The summed E-state index contributed by atoms with van der Waals surface area (Å²) < 4.78 is 13.2. The molecule has 0 spiro atoms. The van der Waals surface area contributed by atoms with Gasteiger partial charge in [0.25, 0.3) is 5.91 Å². The summed E-state index contributed by atoms with van der Waals surface area (Å²) in [4.78, 5) is 47.4. The molecule has 170 valence electrons. The van der Waals surface area contributed by atoms with E-state index in [1.54, 1.807) is 19.2 Å². The third-order valence-electron chi connectivity index (χ3n) is 5.52. The highest BCUT2D eigenvalue weighted by Crippen LogP contribution is 2.29. The summed E-state index contributed by atoms with van der Waals surface area (Å²) in [6.45, 7) is 3.65. The lowest BCUT2D eigenvalue weighted by atomic mass is 9.84. The Bertz CT molecular complexity index is 970. The SMILES string of the molecule is CNC(=O)CCC(C=O)CCc1c(C=O)cccc1C(C)(C)NC(=O)c1ccc(F)cc1. The highest BCUT2D eigenvalue weighted by molar-refractivity contribution is 5.94. The molecule has 32 heavy (non-hydrogen) atoms. The molecular weight excluding hydrogens is 411 g/mol. The van der Waals surface area contributed by atoms with Crippen molar-refractivity contribution in [3.05, 3.63) is 70.5 Å². The first kappa shape index (κ1) is 24.9. The van der Waals surface area contributed by atoms with Crippen molar-refractivity contribution < 1.29 is 23.6 Å². The standard InChI is InChI=1S/C25H29FN2O4/c1-25(2,28-24(32)18-9-11-20(26)12-10-18)22-6-4-5-19(16-30)21(22)13-7-17(15-29)8-14-23(31)27-3/h4-6,9-12,15-17H,7-8,13-14H2,1-3H3,(H,27,31)(H,28,32). The fourth-order valence-electron chi connectivity index (χ4n) is 3.66. The number of aldehydes is 2. The van der Waals surface area contributed by atoms with Gasteiger partial charge in [0.2, 0.25) is 5.91 Å². The van der Waals surface area contributed by atoms with E-state index in [9.17, 15) is 23.6 Å². The number of benzene rings is 2. The monoisotopic (exact) mass is 440 g/mol. The Balaban J connectivity index is 2.24. The van der Waals surface area contributed by atoms with Crippen molar-refractivity contribution in [2.45, 2.75) is 45.1 Å². The molecule has 0 aliphatic rings. The lowest BCUT2D eigenvalue weighted by Crippen LogP contribution is -2.41. The zero-order valence-electron chi connectivity index (χ0n) is 18.6. The van der Waals surface area contributed by atoms with Crippen molar-refractivity contribution in [3.8, 4) is 0 Å². The van der Waals surface area contributed by atoms with Crippen LogP contribution in [0.2, 0.25) is 0 Å². The van der Waals surface area contributed by atoms with Crippen LogP contribution in [0.3, 0.4) is 0 Å². The van der Waals surface area contributed by atoms with Gasteiger partial charge in [-0.2, -0.15) is 0 Å². The third-order valence-corrected chi connectivity index (χ3v) is 5.52. The molecule has 2 amide bonds. The van der Waals surface area contributed by atoms with Crippen molar-refractivity contribution in [1.29, 1.82) is 0 Å². The molecule has 0 heterocycles. The van der Waals surface area contributed by atoms with Crippen molar-refractivity contribution >= 4 is 24.4 Å². The van der Waals surface area contributed by atoms with E-state index in [0.29, 0.717) is 30.4 Å². The second kappa shape index (κ2) is 11.3. The van der Waals surface area contributed by atoms with Crippen molar-refractivity contribution in [2.75, 3.05) is 7.05 Å². The van der Waals surface area contributed by atoms with Crippen LogP contribution in [0.15, 0.2) is 42.5 Å². The first-order valence-electron chi connectivity index (χ1n) is 10.5. The predicted molar refractivity (Wildman–Crippen MR) is 120 cm³/mol. The van der Waals surface area contributed by atoms with Gasteiger partial charge >= 0.3 is 0 Å². The van der Waals surface area contributed by atoms with Crippen LogP contribution < -0.4 is 10.6 Å². The third kappa shape index (κ3) is 6.57. The molecule has 7 heteroatoms. The molecule has 0 saturated carbocycles. The summed E-state index contributed by atoms with van der Waals surface area (Å²) >= 11 is 0. The minimum Gasteiger partial charge on any atom is -0.359 e. The first-order valence-corrected chi connectivity index (χ1v) is 10.5. The van der Waals surface area contributed by atoms with Crippen molar-refractivity contribution in [2.24, 2.45) is 5.92 Å². The average Bonchev–Trinajstić information content (AvgIpc) is 2.78. The van der Waals surface area contributed by atoms with Gasteiger partial charge in [-0.05, 0) is 68.5 Å². The number of halogens is 1. The zero-order valence-corrected chi connectivity index (χ0v) is 18.6. The molecular formula is C25H29FN2O4. The van der Waals surface area contributed by atoms with E-state index in [-0.39, 0.29) is 24.2 Å². The van der Waals surface area contributed by atoms with Crippen LogP contribution in [0, 0.1) is 11.7 Å². The molecule has 2 aromatic rings. The van der Waals surface area contributed by atoms with Gasteiger partial charge in [-0.25, -0.2) is 4.39 Å². The van der Waals surface area contributed by atoms with Crippen LogP contribution in [0.4, 0.5) is 4.39 Å². The Kier molecular flexibility index (Phi) is 8.81. The molecule has 0 aromatic heterocycles. The number of carbonyl (C=O) groups excluding carboxylic acids is 4. The number of amides is 2. The molecule has 2 aromatic carbocycles. The summed E-state index contributed by atoms with van der Waals surface area (Å²) in [7, 11) is 1.55. The van der Waals surface area contributed by atoms with Crippen LogP contribution in [-0.4, -0.2) is 31.4 Å². The lowest BCUT2D eigenvalue weighted by molar-refractivity contribution is -0.121. The van der Waals surface area contributed by atoms with E-state index >= 15 is 0 Å². The summed E-state index contributed by atoms with van der Waals surface area (Å²) in [5.74, 6) is -1.25. The molecule has 0 aliphatic carbocycles.